The molecule has 0 aromatic heterocycles. The zero-order chi connectivity index (χ0) is 15.7. The van der Waals surface area contributed by atoms with E-state index < -0.39 is 0 Å². The molecule has 0 heterocycles. The van der Waals surface area contributed by atoms with Crippen molar-refractivity contribution in [2.75, 3.05) is 12.3 Å². The molecule has 1 amide bonds. The maximum absolute atomic E-state index is 11.8. The molecule has 0 radical (unpaired) electrons. The summed E-state index contributed by atoms with van der Waals surface area (Å²) in [6.07, 6.45) is 1.03. The fourth-order valence-corrected chi connectivity index (χ4v) is 2.58. The van der Waals surface area contributed by atoms with Gasteiger partial charge in [0.15, 0.2) is 0 Å². The number of benzene rings is 1. The van der Waals surface area contributed by atoms with E-state index in [9.17, 15) is 4.79 Å². The number of nitrogens with one attached hydrogen (secondary N) is 2. The number of carbonyl (C=O) groups is 1. The summed E-state index contributed by atoms with van der Waals surface area (Å²) in [4.78, 5) is 12.9. The van der Waals surface area contributed by atoms with Crippen molar-refractivity contribution >= 4 is 17.7 Å². The second kappa shape index (κ2) is 9.85. The zero-order valence-corrected chi connectivity index (χ0v) is 14.4. The second-order valence-electron chi connectivity index (χ2n) is 6.00. The van der Waals surface area contributed by atoms with E-state index in [1.54, 1.807) is 11.8 Å². The average molecular weight is 308 g/mol. The Hall–Kier alpha value is -1.00. The summed E-state index contributed by atoms with van der Waals surface area (Å²) in [5, 5.41) is 6.37. The zero-order valence-electron chi connectivity index (χ0n) is 13.6. The predicted molar refractivity (Wildman–Crippen MR) is 91.6 cm³/mol. The first-order chi connectivity index (χ1) is 9.97. The van der Waals surface area contributed by atoms with Gasteiger partial charge >= 0.3 is 0 Å². The van der Waals surface area contributed by atoms with E-state index in [-0.39, 0.29) is 5.91 Å². The first-order valence-corrected chi connectivity index (χ1v) is 8.67. The van der Waals surface area contributed by atoms with Gasteiger partial charge in [-0.05, 0) is 30.0 Å². The Morgan fingerprint density at radius 1 is 1.24 bits per heavy atom. The van der Waals surface area contributed by atoms with Crippen LogP contribution in [0.3, 0.4) is 0 Å². The number of thioether (sulfide) groups is 1. The van der Waals surface area contributed by atoms with E-state index in [0.717, 1.165) is 24.4 Å². The van der Waals surface area contributed by atoms with Gasteiger partial charge in [-0.2, -0.15) is 0 Å². The highest BCUT2D eigenvalue weighted by Crippen LogP contribution is 2.19. The van der Waals surface area contributed by atoms with Crippen LogP contribution in [0.1, 0.15) is 39.7 Å². The monoisotopic (exact) mass is 308 g/mol. The van der Waals surface area contributed by atoms with E-state index in [1.807, 2.05) is 0 Å². The van der Waals surface area contributed by atoms with Crippen LogP contribution in [-0.4, -0.2) is 24.2 Å². The summed E-state index contributed by atoms with van der Waals surface area (Å²) in [5.41, 5.74) is 1.26. The minimum atomic E-state index is 0.117. The Balaban J connectivity index is 2.34. The third kappa shape index (κ3) is 8.79. The van der Waals surface area contributed by atoms with Crippen LogP contribution in [0, 0.1) is 5.92 Å². The second-order valence-corrected chi connectivity index (χ2v) is 7.05. The van der Waals surface area contributed by atoms with Crippen LogP contribution in [0.15, 0.2) is 29.2 Å². The standard InChI is InChI=1S/C17H28N2OS/c1-13(2)8-9-18-17(20)12-21-16-7-5-6-15(10-16)11-19-14(3)4/h5-7,10,13-14,19H,8-9,11-12H2,1-4H3,(H,18,20). The van der Waals surface area contributed by atoms with Crippen LogP contribution >= 0.6 is 11.8 Å². The van der Waals surface area contributed by atoms with Crippen LogP contribution in [0.2, 0.25) is 0 Å². The molecule has 3 nitrogen and oxygen atoms in total. The van der Waals surface area contributed by atoms with Crippen molar-refractivity contribution in [3.05, 3.63) is 29.8 Å². The molecule has 0 aliphatic heterocycles. The van der Waals surface area contributed by atoms with Crippen molar-refractivity contribution in [3.8, 4) is 0 Å². The number of hydrogen-bond donors (Lipinski definition) is 2. The van der Waals surface area contributed by atoms with Gasteiger partial charge in [-0.25, -0.2) is 0 Å². The molecule has 0 aliphatic rings. The highest BCUT2D eigenvalue weighted by Gasteiger charge is 2.04. The van der Waals surface area contributed by atoms with Crippen LogP contribution < -0.4 is 10.6 Å². The van der Waals surface area contributed by atoms with Gasteiger partial charge in [0.2, 0.25) is 5.91 Å². The summed E-state index contributed by atoms with van der Waals surface area (Å²) < 4.78 is 0. The molecule has 2 N–H and O–H groups in total. The normalized spacial score (nSPS) is 11.1. The molecule has 0 saturated heterocycles. The molecule has 0 unspecified atom stereocenters. The third-order valence-corrected chi connectivity index (χ3v) is 4.02. The van der Waals surface area contributed by atoms with Gasteiger partial charge in [-0.3, -0.25) is 4.79 Å². The lowest BCUT2D eigenvalue weighted by Gasteiger charge is -2.10. The van der Waals surface area contributed by atoms with E-state index in [4.69, 9.17) is 0 Å². The number of carbonyl (C=O) groups excluding carboxylic acids is 1. The fraction of sp³-hybridized carbons (Fsp3) is 0.588. The van der Waals surface area contributed by atoms with Crippen molar-refractivity contribution in [1.29, 1.82) is 0 Å². The predicted octanol–water partition coefficient (Wildman–Crippen LogP) is 3.44. The molecule has 1 rings (SSSR count). The van der Waals surface area contributed by atoms with Gasteiger partial charge in [-0.1, -0.05) is 39.8 Å². The number of rotatable bonds is 9. The highest BCUT2D eigenvalue weighted by molar-refractivity contribution is 8.00. The molecule has 118 valence electrons. The molecule has 0 atom stereocenters. The molecule has 1 aromatic carbocycles. The Morgan fingerprint density at radius 3 is 2.67 bits per heavy atom. The Labute approximate surface area is 133 Å². The summed E-state index contributed by atoms with van der Waals surface area (Å²) in [6, 6.07) is 8.86. The SMILES string of the molecule is CC(C)CCNC(=O)CSc1cccc(CNC(C)C)c1. The molecule has 0 bridgehead atoms. The van der Waals surface area contributed by atoms with E-state index in [0.29, 0.717) is 17.7 Å². The number of amides is 1. The lowest BCUT2D eigenvalue weighted by molar-refractivity contribution is -0.118. The molecule has 1 aromatic rings. The minimum Gasteiger partial charge on any atom is -0.355 e. The topological polar surface area (TPSA) is 41.1 Å². The van der Waals surface area contributed by atoms with Gasteiger partial charge in [0.25, 0.3) is 0 Å². The van der Waals surface area contributed by atoms with Crippen molar-refractivity contribution < 1.29 is 4.79 Å². The van der Waals surface area contributed by atoms with E-state index >= 15 is 0 Å². The number of hydrogen-bond acceptors (Lipinski definition) is 3. The Morgan fingerprint density at radius 2 is 2.00 bits per heavy atom. The van der Waals surface area contributed by atoms with E-state index in [1.165, 1.54) is 5.56 Å². The largest absolute Gasteiger partial charge is 0.355 e. The fourth-order valence-electron chi connectivity index (χ4n) is 1.77. The van der Waals surface area contributed by atoms with Crippen molar-refractivity contribution in [3.63, 3.8) is 0 Å². The maximum atomic E-state index is 11.8. The van der Waals surface area contributed by atoms with Crippen molar-refractivity contribution in [2.45, 2.75) is 51.6 Å². The van der Waals surface area contributed by atoms with E-state index in [2.05, 4.69) is 62.6 Å². The van der Waals surface area contributed by atoms with Crippen LogP contribution in [0.4, 0.5) is 0 Å². The highest BCUT2D eigenvalue weighted by atomic mass is 32.2. The quantitative estimate of drug-likeness (QED) is 0.687. The summed E-state index contributed by atoms with van der Waals surface area (Å²) in [7, 11) is 0. The minimum absolute atomic E-state index is 0.117. The van der Waals surface area contributed by atoms with Gasteiger partial charge < -0.3 is 10.6 Å². The molecule has 0 aliphatic carbocycles. The van der Waals surface area contributed by atoms with Crippen molar-refractivity contribution in [1.82, 2.24) is 10.6 Å². The lowest BCUT2D eigenvalue weighted by atomic mass is 10.1. The van der Waals surface area contributed by atoms with Crippen LogP contribution in [0.5, 0.6) is 0 Å². The smallest absolute Gasteiger partial charge is 0.230 e. The van der Waals surface area contributed by atoms with Gasteiger partial charge in [0.05, 0.1) is 5.75 Å². The molecule has 21 heavy (non-hydrogen) atoms. The average Bonchev–Trinajstić information content (AvgIpc) is 2.43. The maximum Gasteiger partial charge on any atom is 0.230 e. The van der Waals surface area contributed by atoms with Gasteiger partial charge in [0, 0.05) is 24.0 Å². The first kappa shape index (κ1) is 18.1. The van der Waals surface area contributed by atoms with Crippen LogP contribution in [0.25, 0.3) is 0 Å². The molecule has 0 spiro atoms. The van der Waals surface area contributed by atoms with Crippen LogP contribution in [-0.2, 0) is 11.3 Å². The molecular formula is C17H28N2OS. The van der Waals surface area contributed by atoms with Gasteiger partial charge in [-0.15, -0.1) is 11.8 Å². The molecule has 4 heteroatoms. The van der Waals surface area contributed by atoms with Gasteiger partial charge in [0.1, 0.15) is 0 Å². The third-order valence-electron chi connectivity index (χ3n) is 3.03. The summed E-state index contributed by atoms with van der Waals surface area (Å²) in [5.74, 6) is 1.23. The summed E-state index contributed by atoms with van der Waals surface area (Å²) in [6.45, 7) is 10.2. The van der Waals surface area contributed by atoms with Crippen molar-refractivity contribution in [2.24, 2.45) is 5.92 Å². The Kier molecular flexibility index (Phi) is 8.47. The molecule has 0 saturated carbocycles. The molecular weight excluding hydrogens is 280 g/mol. The lowest BCUT2D eigenvalue weighted by Crippen LogP contribution is -2.26. The summed E-state index contributed by atoms with van der Waals surface area (Å²) >= 11 is 1.60. The first-order valence-electron chi connectivity index (χ1n) is 7.69. The molecule has 0 fully saturated rings. The Bertz CT molecular complexity index is 433.